The predicted molar refractivity (Wildman–Crippen MR) is 73.9 cm³/mol. The summed E-state index contributed by atoms with van der Waals surface area (Å²) in [6.07, 6.45) is 0. The molecule has 5 heteroatoms. The largest absolute Gasteiger partial charge is 0.332 e. The van der Waals surface area contributed by atoms with Gasteiger partial charge < -0.3 is 10.6 Å². The fraction of sp³-hybridized carbons (Fsp3) is 0.200. The van der Waals surface area contributed by atoms with Gasteiger partial charge in [-0.3, -0.25) is 4.79 Å². The number of nitrogens with one attached hydrogen (secondary N) is 2. The van der Waals surface area contributed by atoms with Crippen LogP contribution in [0.3, 0.4) is 0 Å². The second kappa shape index (κ2) is 5.41. The maximum Gasteiger partial charge on any atom is 0.222 e. The van der Waals surface area contributed by atoms with Gasteiger partial charge in [0.05, 0.1) is 0 Å². The number of thiocarbonyl (C=S) groups is 1. The van der Waals surface area contributed by atoms with Gasteiger partial charge in [0.1, 0.15) is 0 Å². The normalized spacial score (nSPS) is 9.53. The van der Waals surface area contributed by atoms with Crippen molar-refractivity contribution in [2.24, 2.45) is 0 Å². The molecule has 0 aromatic heterocycles. The van der Waals surface area contributed by atoms with Gasteiger partial charge in [0, 0.05) is 16.2 Å². The Morgan fingerprint density at radius 2 is 2.13 bits per heavy atom. The number of hydrogen-bond acceptors (Lipinski definition) is 2. The van der Waals surface area contributed by atoms with E-state index in [4.69, 9.17) is 12.2 Å². The molecule has 0 saturated heterocycles. The zero-order valence-corrected chi connectivity index (χ0v) is 11.4. The summed E-state index contributed by atoms with van der Waals surface area (Å²) in [6.45, 7) is 3.41. The lowest BCUT2D eigenvalue weighted by Crippen LogP contribution is -2.32. The summed E-state index contributed by atoms with van der Waals surface area (Å²) in [5.41, 5.74) is 2.00. The standard InChI is InChI=1S/C10H11IN2OS/c1-6-5-8(11)3-4-9(6)13-10(15)12-7(2)14/h3-5H,1-2H3,(H2,12,13,14,15). The van der Waals surface area contributed by atoms with Crippen molar-refractivity contribution in [2.45, 2.75) is 13.8 Å². The minimum Gasteiger partial charge on any atom is -0.332 e. The van der Waals surface area contributed by atoms with Crippen LogP contribution in [0.1, 0.15) is 12.5 Å². The van der Waals surface area contributed by atoms with Crippen molar-refractivity contribution < 1.29 is 4.79 Å². The average Bonchev–Trinajstić information content (AvgIpc) is 2.08. The van der Waals surface area contributed by atoms with Gasteiger partial charge in [-0.1, -0.05) is 0 Å². The molecule has 0 spiro atoms. The number of hydrogen-bond donors (Lipinski definition) is 2. The van der Waals surface area contributed by atoms with Gasteiger partial charge in [-0.15, -0.1) is 0 Å². The molecule has 1 aromatic carbocycles. The van der Waals surface area contributed by atoms with E-state index in [0.717, 1.165) is 11.3 Å². The Balaban J connectivity index is 2.72. The summed E-state index contributed by atoms with van der Waals surface area (Å²) in [4.78, 5) is 10.7. The van der Waals surface area contributed by atoms with Crippen LogP contribution in [0.15, 0.2) is 18.2 Å². The molecule has 80 valence electrons. The highest BCUT2D eigenvalue weighted by atomic mass is 127. The zero-order valence-electron chi connectivity index (χ0n) is 8.43. The highest BCUT2D eigenvalue weighted by molar-refractivity contribution is 14.1. The monoisotopic (exact) mass is 334 g/mol. The first-order valence-corrected chi connectivity index (χ1v) is 5.82. The SMILES string of the molecule is CC(=O)NC(=S)Nc1ccc(I)cc1C. The van der Waals surface area contributed by atoms with Gasteiger partial charge in [-0.05, 0) is 65.5 Å². The van der Waals surface area contributed by atoms with Gasteiger partial charge in [0.15, 0.2) is 5.11 Å². The minimum absolute atomic E-state index is 0.171. The van der Waals surface area contributed by atoms with Gasteiger partial charge in [-0.25, -0.2) is 0 Å². The lowest BCUT2D eigenvalue weighted by molar-refractivity contribution is -0.117. The Morgan fingerprint density at radius 1 is 1.47 bits per heavy atom. The second-order valence-corrected chi connectivity index (χ2v) is 4.75. The second-order valence-electron chi connectivity index (χ2n) is 3.09. The van der Waals surface area contributed by atoms with Crippen LogP contribution in [-0.4, -0.2) is 11.0 Å². The molecule has 0 fully saturated rings. The molecule has 0 heterocycles. The molecule has 0 aliphatic rings. The molecule has 0 radical (unpaired) electrons. The number of rotatable bonds is 1. The summed E-state index contributed by atoms with van der Waals surface area (Å²) in [5, 5.41) is 5.80. The molecular weight excluding hydrogens is 323 g/mol. The molecule has 1 aromatic rings. The Hall–Kier alpha value is -0.690. The molecule has 0 aliphatic heterocycles. The summed E-state index contributed by atoms with van der Waals surface area (Å²) in [7, 11) is 0. The van der Waals surface area contributed by atoms with Crippen LogP contribution in [0, 0.1) is 10.5 Å². The van der Waals surface area contributed by atoms with E-state index in [0.29, 0.717) is 5.11 Å². The molecule has 15 heavy (non-hydrogen) atoms. The number of carbonyl (C=O) groups is 1. The first-order chi connectivity index (χ1) is 6.99. The maximum atomic E-state index is 10.7. The summed E-state index contributed by atoms with van der Waals surface area (Å²) in [6, 6.07) is 5.96. The molecule has 2 N–H and O–H groups in total. The van der Waals surface area contributed by atoms with E-state index >= 15 is 0 Å². The van der Waals surface area contributed by atoms with Crippen molar-refractivity contribution in [1.82, 2.24) is 5.32 Å². The number of carbonyl (C=O) groups excluding carboxylic acids is 1. The number of aryl methyl sites for hydroxylation is 1. The first kappa shape index (κ1) is 12.4. The smallest absolute Gasteiger partial charge is 0.222 e. The summed E-state index contributed by atoms with van der Waals surface area (Å²) in [5.74, 6) is -0.171. The highest BCUT2D eigenvalue weighted by Gasteiger charge is 2.02. The molecular formula is C10H11IN2OS. The summed E-state index contributed by atoms with van der Waals surface area (Å²) < 4.78 is 1.17. The van der Waals surface area contributed by atoms with Crippen molar-refractivity contribution >= 4 is 51.5 Å². The number of halogens is 1. The van der Waals surface area contributed by atoms with Crippen molar-refractivity contribution in [3.8, 4) is 0 Å². The van der Waals surface area contributed by atoms with E-state index in [1.807, 2.05) is 25.1 Å². The Kier molecular flexibility index (Phi) is 4.46. The topological polar surface area (TPSA) is 41.1 Å². The van der Waals surface area contributed by atoms with Crippen molar-refractivity contribution in [3.05, 3.63) is 27.3 Å². The van der Waals surface area contributed by atoms with Crippen molar-refractivity contribution in [2.75, 3.05) is 5.32 Å². The number of anilines is 1. The minimum atomic E-state index is -0.171. The van der Waals surface area contributed by atoms with E-state index in [1.54, 1.807) is 0 Å². The third-order valence-corrected chi connectivity index (χ3v) is 2.60. The molecule has 0 bridgehead atoms. The maximum absolute atomic E-state index is 10.7. The average molecular weight is 334 g/mol. The van der Waals surface area contributed by atoms with Gasteiger partial charge in [-0.2, -0.15) is 0 Å². The van der Waals surface area contributed by atoms with Crippen LogP contribution in [-0.2, 0) is 4.79 Å². The Morgan fingerprint density at radius 3 is 2.67 bits per heavy atom. The van der Waals surface area contributed by atoms with Gasteiger partial charge in [0.2, 0.25) is 5.91 Å². The van der Waals surface area contributed by atoms with Crippen LogP contribution < -0.4 is 10.6 Å². The van der Waals surface area contributed by atoms with E-state index in [2.05, 4.69) is 33.2 Å². The van der Waals surface area contributed by atoms with E-state index in [9.17, 15) is 4.79 Å². The molecule has 1 amide bonds. The van der Waals surface area contributed by atoms with E-state index < -0.39 is 0 Å². The van der Waals surface area contributed by atoms with Gasteiger partial charge >= 0.3 is 0 Å². The number of benzene rings is 1. The van der Waals surface area contributed by atoms with Crippen LogP contribution in [0.25, 0.3) is 0 Å². The van der Waals surface area contributed by atoms with Crippen LogP contribution in [0.5, 0.6) is 0 Å². The number of amides is 1. The van der Waals surface area contributed by atoms with Crippen LogP contribution in [0.2, 0.25) is 0 Å². The molecule has 0 unspecified atom stereocenters. The predicted octanol–water partition coefficient (Wildman–Crippen LogP) is 2.43. The van der Waals surface area contributed by atoms with Crippen LogP contribution in [0.4, 0.5) is 5.69 Å². The van der Waals surface area contributed by atoms with Crippen LogP contribution >= 0.6 is 34.8 Å². The first-order valence-electron chi connectivity index (χ1n) is 4.34. The van der Waals surface area contributed by atoms with Gasteiger partial charge in [0.25, 0.3) is 0 Å². The lowest BCUT2D eigenvalue weighted by atomic mass is 10.2. The highest BCUT2D eigenvalue weighted by Crippen LogP contribution is 2.17. The fourth-order valence-corrected chi connectivity index (χ4v) is 1.98. The quantitative estimate of drug-likeness (QED) is 0.612. The third-order valence-electron chi connectivity index (χ3n) is 1.73. The molecule has 1 rings (SSSR count). The van der Waals surface area contributed by atoms with E-state index in [-0.39, 0.29) is 5.91 Å². The Bertz CT molecular complexity index is 406. The molecule has 3 nitrogen and oxygen atoms in total. The molecule has 0 atom stereocenters. The van der Waals surface area contributed by atoms with Crippen molar-refractivity contribution in [1.29, 1.82) is 0 Å². The lowest BCUT2D eigenvalue weighted by Gasteiger charge is -2.10. The van der Waals surface area contributed by atoms with E-state index in [1.165, 1.54) is 10.5 Å². The Labute approximate surface area is 108 Å². The third kappa shape index (κ3) is 4.13. The zero-order chi connectivity index (χ0) is 11.4. The fourth-order valence-electron chi connectivity index (χ4n) is 1.08. The molecule has 0 saturated carbocycles. The summed E-state index contributed by atoms with van der Waals surface area (Å²) >= 11 is 7.21. The van der Waals surface area contributed by atoms with Crippen molar-refractivity contribution in [3.63, 3.8) is 0 Å². The molecule has 0 aliphatic carbocycles.